The van der Waals surface area contributed by atoms with Crippen molar-refractivity contribution < 1.29 is 4.79 Å². The van der Waals surface area contributed by atoms with Gasteiger partial charge in [0.15, 0.2) is 11.2 Å². The van der Waals surface area contributed by atoms with E-state index in [1.165, 1.54) is 10.9 Å². The SMILES string of the molecule is CCn1nnc2c(=O)n(CC(=O)N(C(C)C)C(C)C)cnc21. The summed E-state index contributed by atoms with van der Waals surface area (Å²) >= 11 is 0. The van der Waals surface area contributed by atoms with Gasteiger partial charge in [-0.1, -0.05) is 5.21 Å². The second-order valence-corrected chi connectivity index (χ2v) is 5.74. The van der Waals surface area contributed by atoms with Crippen LogP contribution in [0.4, 0.5) is 0 Å². The van der Waals surface area contributed by atoms with Gasteiger partial charge in [0.2, 0.25) is 5.91 Å². The average molecular weight is 306 g/mol. The zero-order valence-electron chi connectivity index (χ0n) is 13.6. The third kappa shape index (κ3) is 2.86. The maximum atomic E-state index is 12.4. The molecule has 0 unspecified atom stereocenters. The molecule has 0 saturated carbocycles. The molecule has 2 heterocycles. The van der Waals surface area contributed by atoms with E-state index in [9.17, 15) is 9.59 Å². The molecule has 22 heavy (non-hydrogen) atoms. The first-order chi connectivity index (χ1) is 10.4. The van der Waals surface area contributed by atoms with Gasteiger partial charge < -0.3 is 4.90 Å². The molecule has 0 aliphatic heterocycles. The molecule has 0 aliphatic carbocycles. The minimum absolute atomic E-state index is 0.0445. The van der Waals surface area contributed by atoms with Gasteiger partial charge in [-0.05, 0) is 34.6 Å². The van der Waals surface area contributed by atoms with Crippen LogP contribution in [0.3, 0.4) is 0 Å². The summed E-state index contributed by atoms with van der Waals surface area (Å²) in [5, 5.41) is 7.75. The van der Waals surface area contributed by atoms with Crippen molar-refractivity contribution in [2.24, 2.45) is 0 Å². The van der Waals surface area contributed by atoms with E-state index < -0.39 is 0 Å². The number of aryl methyl sites for hydroxylation is 1. The quantitative estimate of drug-likeness (QED) is 0.809. The molecule has 0 N–H and O–H groups in total. The first-order valence-corrected chi connectivity index (χ1v) is 7.46. The Bertz CT molecular complexity index is 722. The molecule has 0 atom stereocenters. The highest BCUT2D eigenvalue weighted by molar-refractivity contribution is 5.77. The highest BCUT2D eigenvalue weighted by Gasteiger charge is 2.21. The Balaban J connectivity index is 2.34. The monoisotopic (exact) mass is 306 g/mol. The molecule has 1 amide bonds. The second kappa shape index (κ2) is 6.25. The number of rotatable bonds is 5. The Kier molecular flexibility index (Phi) is 4.58. The van der Waals surface area contributed by atoms with Gasteiger partial charge in [0.05, 0.1) is 0 Å². The third-order valence-corrected chi connectivity index (χ3v) is 3.50. The molecule has 2 aromatic heterocycles. The molecule has 8 nitrogen and oxygen atoms in total. The molecular formula is C14H22N6O2. The zero-order valence-corrected chi connectivity index (χ0v) is 13.6. The fourth-order valence-electron chi connectivity index (χ4n) is 2.61. The van der Waals surface area contributed by atoms with Crippen LogP contribution in [0.15, 0.2) is 11.1 Å². The van der Waals surface area contributed by atoms with Gasteiger partial charge in [-0.2, -0.15) is 0 Å². The maximum absolute atomic E-state index is 12.4. The lowest BCUT2D eigenvalue weighted by Crippen LogP contribution is -2.44. The Morgan fingerprint density at radius 2 is 1.91 bits per heavy atom. The number of carbonyl (C=O) groups excluding carboxylic acids is 1. The molecule has 0 saturated heterocycles. The molecule has 8 heteroatoms. The van der Waals surface area contributed by atoms with Crippen LogP contribution in [0.1, 0.15) is 34.6 Å². The number of aromatic nitrogens is 5. The minimum atomic E-state index is -0.342. The summed E-state index contributed by atoms with van der Waals surface area (Å²) in [4.78, 5) is 30.8. The van der Waals surface area contributed by atoms with E-state index in [0.717, 1.165) is 0 Å². The van der Waals surface area contributed by atoms with Crippen LogP contribution in [-0.2, 0) is 17.9 Å². The molecule has 0 radical (unpaired) electrons. The molecule has 0 fully saturated rings. The van der Waals surface area contributed by atoms with Crippen LogP contribution in [0.5, 0.6) is 0 Å². The lowest BCUT2D eigenvalue weighted by atomic mass is 10.2. The first-order valence-electron chi connectivity index (χ1n) is 7.46. The van der Waals surface area contributed by atoms with Crippen LogP contribution in [-0.4, -0.2) is 47.4 Å². The molecule has 0 bridgehead atoms. The van der Waals surface area contributed by atoms with E-state index in [0.29, 0.717) is 12.2 Å². The zero-order chi connectivity index (χ0) is 16.4. The van der Waals surface area contributed by atoms with Crippen molar-refractivity contribution in [2.75, 3.05) is 0 Å². The van der Waals surface area contributed by atoms with E-state index in [4.69, 9.17) is 0 Å². The predicted molar refractivity (Wildman–Crippen MR) is 82.4 cm³/mol. The van der Waals surface area contributed by atoms with Gasteiger partial charge >= 0.3 is 0 Å². The Morgan fingerprint density at radius 1 is 1.27 bits per heavy atom. The standard InChI is InChI=1S/C14H22N6O2/c1-6-19-13-12(16-17-19)14(22)18(8-15-13)7-11(21)20(9(2)3)10(4)5/h8-10H,6-7H2,1-5H3. The Hall–Kier alpha value is -2.25. The normalized spacial score (nSPS) is 11.6. The van der Waals surface area contributed by atoms with Gasteiger partial charge in [-0.3, -0.25) is 14.2 Å². The largest absolute Gasteiger partial charge is 0.336 e. The molecule has 2 rings (SSSR count). The van der Waals surface area contributed by atoms with Crippen molar-refractivity contribution in [2.45, 2.75) is 59.8 Å². The predicted octanol–water partition coefficient (Wildman–Crippen LogP) is 0.653. The van der Waals surface area contributed by atoms with Gasteiger partial charge in [0.25, 0.3) is 5.56 Å². The van der Waals surface area contributed by atoms with Crippen molar-refractivity contribution in [3.63, 3.8) is 0 Å². The number of hydrogen-bond donors (Lipinski definition) is 0. The molecule has 2 aromatic rings. The lowest BCUT2D eigenvalue weighted by Gasteiger charge is -2.30. The Morgan fingerprint density at radius 3 is 2.45 bits per heavy atom. The van der Waals surface area contributed by atoms with Crippen LogP contribution in [0.2, 0.25) is 0 Å². The van der Waals surface area contributed by atoms with E-state index in [1.807, 2.05) is 34.6 Å². The molecule has 0 aromatic carbocycles. The summed E-state index contributed by atoms with van der Waals surface area (Å²) in [6, 6.07) is 0.140. The second-order valence-electron chi connectivity index (χ2n) is 5.74. The van der Waals surface area contributed by atoms with Gasteiger partial charge in [0, 0.05) is 18.6 Å². The number of nitrogens with zero attached hydrogens (tertiary/aromatic N) is 6. The fraction of sp³-hybridized carbons (Fsp3) is 0.643. The number of carbonyl (C=O) groups is 1. The number of amides is 1. The summed E-state index contributed by atoms with van der Waals surface area (Å²) < 4.78 is 2.84. The van der Waals surface area contributed by atoms with E-state index in [2.05, 4.69) is 15.3 Å². The number of hydrogen-bond acceptors (Lipinski definition) is 5. The third-order valence-electron chi connectivity index (χ3n) is 3.50. The van der Waals surface area contributed by atoms with Crippen LogP contribution in [0, 0.1) is 0 Å². The highest BCUT2D eigenvalue weighted by Crippen LogP contribution is 2.07. The van der Waals surface area contributed by atoms with Crippen molar-refractivity contribution in [3.05, 3.63) is 16.7 Å². The molecular weight excluding hydrogens is 284 g/mol. The van der Waals surface area contributed by atoms with Crippen LogP contribution in [0.25, 0.3) is 11.2 Å². The van der Waals surface area contributed by atoms with E-state index in [-0.39, 0.29) is 35.6 Å². The van der Waals surface area contributed by atoms with Crippen molar-refractivity contribution in [1.82, 2.24) is 29.4 Å². The molecule has 120 valence electrons. The van der Waals surface area contributed by atoms with Gasteiger partial charge in [-0.25, -0.2) is 9.67 Å². The van der Waals surface area contributed by atoms with Crippen LogP contribution >= 0.6 is 0 Å². The summed E-state index contributed by atoms with van der Waals surface area (Å²) in [5.74, 6) is -0.115. The highest BCUT2D eigenvalue weighted by atomic mass is 16.2. The fourth-order valence-corrected chi connectivity index (χ4v) is 2.61. The van der Waals surface area contributed by atoms with Crippen molar-refractivity contribution in [3.8, 4) is 0 Å². The maximum Gasteiger partial charge on any atom is 0.283 e. The summed E-state index contributed by atoms with van der Waals surface area (Å²) in [6.45, 7) is 10.2. The topological polar surface area (TPSA) is 85.9 Å². The van der Waals surface area contributed by atoms with Gasteiger partial charge in [0.1, 0.15) is 12.9 Å². The molecule has 0 aliphatic rings. The van der Waals surface area contributed by atoms with E-state index in [1.54, 1.807) is 9.58 Å². The summed E-state index contributed by atoms with van der Waals surface area (Å²) in [7, 11) is 0. The minimum Gasteiger partial charge on any atom is -0.336 e. The van der Waals surface area contributed by atoms with E-state index >= 15 is 0 Å². The lowest BCUT2D eigenvalue weighted by molar-refractivity contribution is -0.135. The molecule has 0 spiro atoms. The summed E-state index contributed by atoms with van der Waals surface area (Å²) in [5.41, 5.74) is 0.295. The smallest absolute Gasteiger partial charge is 0.283 e. The average Bonchev–Trinajstić information content (AvgIpc) is 2.84. The first kappa shape index (κ1) is 16.1. The van der Waals surface area contributed by atoms with Crippen molar-refractivity contribution >= 4 is 17.1 Å². The summed E-state index contributed by atoms with van der Waals surface area (Å²) in [6.07, 6.45) is 1.39. The van der Waals surface area contributed by atoms with Gasteiger partial charge in [-0.15, -0.1) is 5.10 Å². The van der Waals surface area contributed by atoms with Crippen LogP contribution < -0.4 is 5.56 Å². The Labute approximate surface area is 128 Å². The van der Waals surface area contributed by atoms with Crippen molar-refractivity contribution in [1.29, 1.82) is 0 Å². The number of fused-ring (bicyclic) bond motifs is 1.